The number of benzene rings is 4. The second-order valence-corrected chi connectivity index (χ2v) is 11.7. The molecule has 0 unspecified atom stereocenters. The first-order valence-corrected chi connectivity index (χ1v) is 14.1. The Bertz CT molecular complexity index is 1840. The zero-order valence-corrected chi connectivity index (χ0v) is 23.6. The van der Waals surface area contributed by atoms with Crippen molar-refractivity contribution >= 4 is 124 Å². The molecular formula is C26H15I2KO8S. The monoisotopic (exact) mass is 780 g/mol. The van der Waals surface area contributed by atoms with Gasteiger partial charge in [0.2, 0.25) is 0 Å². The molecule has 8 nitrogen and oxygen atoms in total. The van der Waals surface area contributed by atoms with Crippen LogP contribution in [-0.4, -0.2) is 75.4 Å². The molecule has 0 radical (unpaired) electrons. The van der Waals surface area contributed by atoms with E-state index in [1.807, 2.05) is 45.2 Å². The van der Waals surface area contributed by atoms with E-state index in [0.717, 1.165) is 0 Å². The van der Waals surface area contributed by atoms with E-state index < -0.39 is 16.1 Å². The zero-order chi connectivity index (χ0) is 26.5. The van der Waals surface area contributed by atoms with Crippen molar-refractivity contribution in [3.8, 4) is 33.9 Å². The molecule has 0 amide bonds. The van der Waals surface area contributed by atoms with Crippen molar-refractivity contribution in [2.45, 2.75) is 4.90 Å². The van der Waals surface area contributed by atoms with Gasteiger partial charge in [-0.1, -0.05) is 18.2 Å². The molecule has 12 heteroatoms. The van der Waals surface area contributed by atoms with E-state index in [0.29, 0.717) is 34.8 Å². The van der Waals surface area contributed by atoms with Gasteiger partial charge in [0.05, 0.1) is 17.6 Å². The summed E-state index contributed by atoms with van der Waals surface area (Å²) in [4.78, 5) is 25.2. The molecule has 38 heavy (non-hydrogen) atoms. The van der Waals surface area contributed by atoms with Crippen LogP contribution in [0.5, 0.6) is 11.5 Å². The number of carbonyl (C=O) groups is 1. The van der Waals surface area contributed by atoms with Crippen LogP contribution in [0.4, 0.5) is 0 Å². The Kier molecular flexibility index (Phi) is 9.05. The van der Waals surface area contributed by atoms with Crippen LogP contribution in [0.25, 0.3) is 33.4 Å². The Morgan fingerprint density at radius 1 is 0.895 bits per heavy atom. The molecule has 2 aliphatic rings. The molecule has 2 N–H and O–H groups in total. The SMILES string of the molecule is O=C(Oc1c(I)cc(S(=O)(=O)O)cc1I)c1ccccc1-c1c2ccc(=O)cc-2oc2cc(O)ccc12.[KH]. The second-order valence-electron chi connectivity index (χ2n) is 7.94. The third kappa shape index (κ3) is 5.88. The molecule has 1 aliphatic carbocycles. The number of phenolic OH excluding ortho intramolecular Hbond substituents is 1. The van der Waals surface area contributed by atoms with Crippen LogP contribution in [0, 0.1) is 7.14 Å². The average Bonchev–Trinajstić information content (AvgIpc) is 2.83. The Morgan fingerprint density at radius 3 is 2.26 bits per heavy atom. The summed E-state index contributed by atoms with van der Waals surface area (Å²) in [5, 5.41) is 10.6. The maximum atomic E-state index is 13.5. The first-order valence-electron chi connectivity index (χ1n) is 10.5. The van der Waals surface area contributed by atoms with Crippen LogP contribution in [0.1, 0.15) is 10.4 Å². The predicted molar refractivity (Wildman–Crippen MR) is 160 cm³/mol. The number of phenols is 1. The normalized spacial score (nSPS) is 11.3. The van der Waals surface area contributed by atoms with E-state index in [1.165, 1.54) is 36.4 Å². The number of carbonyl (C=O) groups excluding carboxylic acids is 1. The van der Waals surface area contributed by atoms with Gasteiger partial charge < -0.3 is 14.3 Å². The van der Waals surface area contributed by atoms with Crippen LogP contribution in [0.2, 0.25) is 0 Å². The minimum atomic E-state index is -4.43. The topological polar surface area (TPSA) is 131 Å². The first kappa shape index (κ1) is 29.6. The average molecular weight is 780 g/mol. The third-order valence-electron chi connectivity index (χ3n) is 5.56. The summed E-state index contributed by atoms with van der Waals surface area (Å²) in [6.45, 7) is 0. The molecule has 0 bridgehead atoms. The van der Waals surface area contributed by atoms with Gasteiger partial charge in [-0.2, -0.15) is 8.42 Å². The summed E-state index contributed by atoms with van der Waals surface area (Å²) in [7, 11) is -4.43. The molecule has 1 aliphatic heterocycles. The Labute approximate surface area is 286 Å². The van der Waals surface area contributed by atoms with Crippen molar-refractivity contribution in [3.63, 3.8) is 0 Å². The van der Waals surface area contributed by atoms with Gasteiger partial charge in [-0.05, 0) is 93.2 Å². The van der Waals surface area contributed by atoms with Crippen molar-refractivity contribution in [3.05, 3.63) is 95.7 Å². The van der Waals surface area contributed by atoms with Gasteiger partial charge in [0, 0.05) is 28.6 Å². The molecule has 0 atom stereocenters. The number of hydrogen-bond donors (Lipinski definition) is 2. The molecule has 0 saturated heterocycles. The molecular weight excluding hydrogens is 765 g/mol. The van der Waals surface area contributed by atoms with E-state index in [-0.39, 0.29) is 84.5 Å². The van der Waals surface area contributed by atoms with Gasteiger partial charge in [0.1, 0.15) is 17.1 Å². The fourth-order valence-electron chi connectivity index (χ4n) is 3.96. The summed E-state index contributed by atoms with van der Waals surface area (Å²) < 4.78 is 44.7. The van der Waals surface area contributed by atoms with Gasteiger partial charge in [-0.25, -0.2) is 4.79 Å². The fourth-order valence-corrected chi connectivity index (χ4v) is 6.90. The van der Waals surface area contributed by atoms with Crippen LogP contribution in [0.15, 0.2) is 86.9 Å². The van der Waals surface area contributed by atoms with Crippen molar-refractivity contribution in [2.75, 3.05) is 0 Å². The van der Waals surface area contributed by atoms with Crippen LogP contribution < -0.4 is 10.2 Å². The third-order valence-corrected chi connectivity index (χ3v) is 7.99. The summed E-state index contributed by atoms with van der Waals surface area (Å²) in [6.07, 6.45) is 0. The quantitative estimate of drug-likeness (QED) is 0.0629. The fraction of sp³-hybridized carbons (Fsp3) is 0. The standard InChI is InChI=1S/C26H14I2O8S.K.H/c27-20-11-15(37(32,33)34)12-21(28)25(20)36-26(31)17-4-2-1-3-16(17)24-18-7-5-13(29)9-22(18)35-23-10-14(30)6-8-19(23)24;;/h1-12,29H,(H,32,33,34);;. The zero-order valence-electron chi connectivity index (χ0n) is 18.4. The van der Waals surface area contributed by atoms with Crippen LogP contribution in [0.3, 0.4) is 0 Å². The number of fused-ring (bicyclic) bond motifs is 2. The van der Waals surface area contributed by atoms with E-state index >= 15 is 0 Å². The van der Waals surface area contributed by atoms with Gasteiger partial charge in [0.25, 0.3) is 10.1 Å². The number of esters is 1. The van der Waals surface area contributed by atoms with E-state index in [4.69, 9.17) is 9.15 Å². The van der Waals surface area contributed by atoms with Crippen molar-refractivity contribution in [2.24, 2.45) is 0 Å². The van der Waals surface area contributed by atoms with Gasteiger partial charge in [-0.15, -0.1) is 0 Å². The first-order chi connectivity index (χ1) is 17.5. The molecule has 188 valence electrons. The van der Waals surface area contributed by atoms with Crippen LogP contribution >= 0.6 is 45.2 Å². The van der Waals surface area contributed by atoms with E-state index in [9.17, 15) is 27.7 Å². The summed E-state index contributed by atoms with van der Waals surface area (Å²) in [5.41, 5.74) is 1.96. The van der Waals surface area contributed by atoms with Gasteiger partial charge in [-0.3, -0.25) is 9.35 Å². The molecule has 3 aromatic carbocycles. The number of hydrogen-bond acceptors (Lipinski definition) is 7. The number of ether oxygens (including phenoxy) is 1. The van der Waals surface area contributed by atoms with E-state index in [2.05, 4.69) is 0 Å². The summed E-state index contributed by atoms with van der Waals surface area (Å²) in [5.74, 6) is -0.293. The molecule has 5 rings (SSSR count). The molecule has 1 heterocycles. The molecule has 0 saturated carbocycles. The van der Waals surface area contributed by atoms with Crippen LogP contribution in [-0.2, 0) is 10.1 Å². The van der Waals surface area contributed by atoms with Gasteiger partial charge >= 0.3 is 57.4 Å². The Balaban J connectivity index is 0.00000336. The minimum absolute atomic E-state index is 0. The number of rotatable bonds is 4. The number of aromatic hydroxyl groups is 1. The van der Waals surface area contributed by atoms with Crippen molar-refractivity contribution in [1.29, 1.82) is 0 Å². The van der Waals surface area contributed by atoms with E-state index in [1.54, 1.807) is 36.4 Å². The second kappa shape index (κ2) is 11.6. The summed E-state index contributed by atoms with van der Waals surface area (Å²) in [6, 6.07) is 18.1. The Hall–Kier alpha value is -1.37. The summed E-state index contributed by atoms with van der Waals surface area (Å²) >= 11 is 3.66. The number of halogens is 2. The molecule has 0 spiro atoms. The Morgan fingerprint density at radius 2 is 1.58 bits per heavy atom. The van der Waals surface area contributed by atoms with Gasteiger partial charge in [0.15, 0.2) is 11.2 Å². The van der Waals surface area contributed by atoms with Crippen molar-refractivity contribution in [1.82, 2.24) is 0 Å². The molecule has 0 aromatic heterocycles. The predicted octanol–water partition coefficient (Wildman–Crippen LogP) is 5.30. The maximum absolute atomic E-state index is 13.5. The van der Waals surface area contributed by atoms with Crippen molar-refractivity contribution < 1.29 is 32.0 Å². The molecule has 0 fully saturated rings. The molecule has 3 aromatic rings.